The number of terminal acetylenes is 1. The Bertz CT molecular complexity index is 246. The third-order valence-electron chi connectivity index (χ3n) is 3.89. The third kappa shape index (κ3) is 0.742. The number of fused-ring (bicyclic) bond motifs is 2. The van der Waals surface area contributed by atoms with E-state index < -0.39 is 0 Å². The number of rotatable bonds is 1. The summed E-state index contributed by atoms with van der Waals surface area (Å²) in [6.07, 6.45) is 12.9. The Balaban J connectivity index is 1.83. The van der Waals surface area contributed by atoms with Gasteiger partial charge in [-0.05, 0) is 32.1 Å². The SMILES string of the molecule is C#CC1(C2CC3CCC2O3)CC1. The lowest BCUT2D eigenvalue weighted by molar-refractivity contribution is 0.0845. The van der Waals surface area contributed by atoms with E-state index >= 15 is 0 Å². The van der Waals surface area contributed by atoms with Gasteiger partial charge in [0.05, 0.1) is 12.2 Å². The first-order valence-electron chi connectivity index (χ1n) is 4.97. The fraction of sp³-hybridized carbons (Fsp3) is 0.818. The van der Waals surface area contributed by atoms with Gasteiger partial charge in [-0.25, -0.2) is 0 Å². The predicted octanol–water partition coefficient (Wildman–Crippen LogP) is 1.97. The van der Waals surface area contributed by atoms with Crippen molar-refractivity contribution in [2.24, 2.45) is 11.3 Å². The van der Waals surface area contributed by atoms with Gasteiger partial charge in [0.25, 0.3) is 0 Å². The molecule has 0 spiro atoms. The molecule has 3 unspecified atom stereocenters. The van der Waals surface area contributed by atoms with Crippen LogP contribution in [-0.4, -0.2) is 12.2 Å². The average molecular weight is 162 g/mol. The summed E-state index contributed by atoms with van der Waals surface area (Å²) in [4.78, 5) is 0. The van der Waals surface area contributed by atoms with E-state index in [-0.39, 0.29) is 5.41 Å². The molecule has 3 rings (SSSR count). The van der Waals surface area contributed by atoms with Crippen molar-refractivity contribution in [3.63, 3.8) is 0 Å². The van der Waals surface area contributed by atoms with Crippen LogP contribution in [0.5, 0.6) is 0 Å². The van der Waals surface area contributed by atoms with Gasteiger partial charge in [-0.15, -0.1) is 6.42 Å². The molecule has 2 heterocycles. The maximum atomic E-state index is 5.82. The normalized spacial score (nSPS) is 47.4. The maximum absolute atomic E-state index is 5.82. The number of ether oxygens (including phenoxy) is 1. The molecule has 0 aromatic rings. The highest BCUT2D eigenvalue weighted by atomic mass is 16.5. The molecule has 2 aliphatic heterocycles. The van der Waals surface area contributed by atoms with Crippen molar-refractivity contribution in [2.75, 3.05) is 0 Å². The summed E-state index contributed by atoms with van der Waals surface area (Å²) in [6.45, 7) is 0. The van der Waals surface area contributed by atoms with Crippen LogP contribution in [0.1, 0.15) is 32.1 Å². The van der Waals surface area contributed by atoms with Gasteiger partial charge in [-0.1, -0.05) is 5.92 Å². The molecule has 2 bridgehead atoms. The van der Waals surface area contributed by atoms with Crippen LogP contribution >= 0.6 is 0 Å². The van der Waals surface area contributed by atoms with Crippen molar-refractivity contribution in [3.8, 4) is 12.3 Å². The molecule has 0 radical (unpaired) electrons. The van der Waals surface area contributed by atoms with Crippen LogP contribution in [0, 0.1) is 23.7 Å². The third-order valence-corrected chi connectivity index (χ3v) is 3.89. The lowest BCUT2D eigenvalue weighted by Crippen LogP contribution is -2.25. The molecule has 1 saturated carbocycles. The standard InChI is InChI=1S/C11H14O/c1-2-11(5-6-11)9-7-8-3-4-10(9)12-8/h1,8-10H,3-7H2. The lowest BCUT2D eigenvalue weighted by Gasteiger charge is -2.23. The molecular weight excluding hydrogens is 148 g/mol. The minimum Gasteiger partial charge on any atom is -0.375 e. The Morgan fingerprint density at radius 3 is 2.58 bits per heavy atom. The van der Waals surface area contributed by atoms with Crippen LogP contribution < -0.4 is 0 Å². The van der Waals surface area contributed by atoms with E-state index in [1.54, 1.807) is 0 Å². The van der Waals surface area contributed by atoms with Crippen molar-refractivity contribution in [2.45, 2.75) is 44.3 Å². The van der Waals surface area contributed by atoms with Gasteiger partial charge >= 0.3 is 0 Å². The molecule has 0 amide bonds. The molecule has 2 saturated heterocycles. The van der Waals surface area contributed by atoms with Gasteiger partial charge in [0.15, 0.2) is 0 Å². The summed E-state index contributed by atoms with van der Waals surface area (Å²) < 4.78 is 5.82. The Kier molecular flexibility index (Phi) is 1.20. The first-order valence-corrected chi connectivity index (χ1v) is 4.97. The van der Waals surface area contributed by atoms with Crippen molar-refractivity contribution in [1.82, 2.24) is 0 Å². The summed E-state index contributed by atoms with van der Waals surface area (Å²) in [5.41, 5.74) is 0.278. The molecule has 3 fully saturated rings. The zero-order chi connectivity index (χ0) is 8.18. The lowest BCUT2D eigenvalue weighted by atomic mass is 9.78. The van der Waals surface area contributed by atoms with E-state index in [1.165, 1.54) is 32.1 Å². The minimum atomic E-state index is 0.278. The Morgan fingerprint density at radius 2 is 2.17 bits per heavy atom. The van der Waals surface area contributed by atoms with Gasteiger partial charge in [0.1, 0.15) is 0 Å². The molecule has 1 nitrogen and oxygen atoms in total. The second-order valence-corrected chi connectivity index (χ2v) is 4.52. The second-order valence-electron chi connectivity index (χ2n) is 4.52. The highest BCUT2D eigenvalue weighted by Gasteiger charge is 2.56. The van der Waals surface area contributed by atoms with Crippen molar-refractivity contribution in [1.29, 1.82) is 0 Å². The van der Waals surface area contributed by atoms with Crippen molar-refractivity contribution < 1.29 is 4.74 Å². The molecule has 3 aliphatic rings. The van der Waals surface area contributed by atoms with Crippen LogP contribution in [0.25, 0.3) is 0 Å². The molecule has 12 heavy (non-hydrogen) atoms. The zero-order valence-corrected chi connectivity index (χ0v) is 7.25. The fourth-order valence-electron chi connectivity index (χ4n) is 2.98. The quantitative estimate of drug-likeness (QED) is 0.536. The average Bonchev–Trinajstić information content (AvgIpc) is 2.62. The minimum absolute atomic E-state index is 0.278. The van der Waals surface area contributed by atoms with Gasteiger partial charge in [-0.3, -0.25) is 0 Å². The smallest absolute Gasteiger partial charge is 0.0623 e. The first-order chi connectivity index (χ1) is 5.84. The maximum Gasteiger partial charge on any atom is 0.0623 e. The Hall–Kier alpha value is -0.480. The molecule has 64 valence electrons. The number of hydrogen-bond donors (Lipinski definition) is 0. The topological polar surface area (TPSA) is 9.23 Å². The van der Waals surface area contributed by atoms with Crippen LogP contribution in [0.15, 0.2) is 0 Å². The summed E-state index contributed by atoms with van der Waals surface area (Å²) in [5, 5.41) is 0. The van der Waals surface area contributed by atoms with Crippen molar-refractivity contribution in [3.05, 3.63) is 0 Å². The molecule has 0 aromatic heterocycles. The first kappa shape index (κ1) is 6.97. The highest BCUT2D eigenvalue weighted by Crippen LogP contribution is 2.59. The number of hydrogen-bond acceptors (Lipinski definition) is 1. The van der Waals surface area contributed by atoms with E-state index in [9.17, 15) is 0 Å². The largest absolute Gasteiger partial charge is 0.375 e. The second kappa shape index (κ2) is 2.06. The predicted molar refractivity (Wildman–Crippen MR) is 46.5 cm³/mol. The van der Waals surface area contributed by atoms with Gasteiger partial charge < -0.3 is 4.74 Å². The Morgan fingerprint density at radius 1 is 1.33 bits per heavy atom. The zero-order valence-electron chi connectivity index (χ0n) is 7.25. The van der Waals surface area contributed by atoms with E-state index in [0.717, 1.165) is 0 Å². The highest BCUT2D eigenvalue weighted by molar-refractivity contribution is 5.20. The summed E-state index contributed by atoms with van der Waals surface area (Å²) in [7, 11) is 0. The molecule has 0 N–H and O–H groups in total. The summed E-state index contributed by atoms with van der Waals surface area (Å²) >= 11 is 0. The van der Waals surface area contributed by atoms with E-state index in [0.29, 0.717) is 18.1 Å². The molecule has 1 heteroatoms. The fourth-order valence-corrected chi connectivity index (χ4v) is 2.98. The summed E-state index contributed by atoms with van der Waals surface area (Å²) in [5.74, 6) is 3.71. The Labute approximate surface area is 73.5 Å². The van der Waals surface area contributed by atoms with Gasteiger partial charge in [0.2, 0.25) is 0 Å². The van der Waals surface area contributed by atoms with E-state index in [2.05, 4.69) is 5.92 Å². The van der Waals surface area contributed by atoms with Crippen LogP contribution in [0.4, 0.5) is 0 Å². The van der Waals surface area contributed by atoms with Crippen LogP contribution in [0.2, 0.25) is 0 Å². The summed E-state index contributed by atoms with van der Waals surface area (Å²) in [6, 6.07) is 0. The molecule has 3 atom stereocenters. The van der Waals surface area contributed by atoms with Gasteiger partial charge in [-0.2, -0.15) is 0 Å². The van der Waals surface area contributed by atoms with Crippen LogP contribution in [0.3, 0.4) is 0 Å². The van der Waals surface area contributed by atoms with Crippen LogP contribution in [-0.2, 0) is 4.74 Å². The van der Waals surface area contributed by atoms with E-state index in [1.807, 2.05) is 0 Å². The van der Waals surface area contributed by atoms with Crippen molar-refractivity contribution >= 4 is 0 Å². The van der Waals surface area contributed by atoms with E-state index in [4.69, 9.17) is 11.2 Å². The van der Waals surface area contributed by atoms with Gasteiger partial charge in [0, 0.05) is 11.3 Å². The molecular formula is C11H14O. The monoisotopic (exact) mass is 162 g/mol. The molecule has 1 aliphatic carbocycles. The molecule has 0 aromatic carbocycles.